The van der Waals surface area contributed by atoms with Gasteiger partial charge in [-0.15, -0.1) is 0 Å². The molecule has 0 bridgehead atoms. The van der Waals surface area contributed by atoms with Crippen molar-refractivity contribution in [1.82, 2.24) is 29.5 Å². The fourth-order valence-corrected chi connectivity index (χ4v) is 5.34. The molecular weight excluding hydrogens is 527 g/mol. The number of benzene rings is 1. The average molecular weight is 560 g/mol. The van der Waals surface area contributed by atoms with Crippen LogP contribution in [0, 0.1) is 0 Å². The van der Waals surface area contributed by atoms with Gasteiger partial charge in [0.15, 0.2) is 0 Å². The van der Waals surface area contributed by atoms with Crippen LogP contribution in [-0.4, -0.2) is 87.9 Å². The minimum atomic E-state index is -0.342. The summed E-state index contributed by atoms with van der Waals surface area (Å²) in [4.78, 5) is 28.0. The third kappa shape index (κ3) is 5.88. The number of anilines is 2. The normalized spacial score (nSPS) is 17.3. The number of aromatic nitrogens is 4. The Morgan fingerprint density at radius 1 is 1.11 bits per heavy atom. The second kappa shape index (κ2) is 11.9. The molecule has 0 amide bonds. The van der Waals surface area contributed by atoms with Crippen molar-refractivity contribution in [2.45, 2.75) is 25.9 Å². The molecule has 1 unspecified atom stereocenters. The number of carbonyl (C=O) groups is 1. The molecule has 0 spiro atoms. The maximum Gasteiger partial charge on any atom is 0.327 e. The van der Waals surface area contributed by atoms with E-state index in [-0.39, 0.29) is 18.6 Å². The molecule has 1 atom stereocenters. The van der Waals surface area contributed by atoms with Gasteiger partial charge in [0.2, 0.25) is 0 Å². The largest absolute Gasteiger partial charge is 0.465 e. The van der Waals surface area contributed by atoms with Gasteiger partial charge in [0.1, 0.15) is 24.5 Å². The Hall–Kier alpha value is -2.92. The van der Waals surface area contributed by atoms with E-state index in [4.69, 9.17) is 33.7 Å². The molecule has 2 saturated heterocycles. The number of piperazine rings is 1. The van der Waals surface area contributed by atoms with Crippen LogP contribution in [-0.2, 0) is 16.1 Å². The summed E-state index contributed by atoms with van der Waals surface area (Å²) in [5.74, 6) is 0.798. The van der Waals surface area contributed by atoms with Gasteiger partial charge in [-0.25, -0.2) is 9.97 Å². The fraction of sp³-hybridized carbons (Fsp3) is 0.462. The summed E-state index contributed by atoms with van der Waals surface area (Å²) in [6, 6.07) is 6.19. The number of nitrogens with zero attached hydrogens (tertiary/aromatic N) is 7. The van der Waals surface area contributed by atoms with Crippen molar-refractivity contribution < 1.29 is 9.53 Å². The molecule has 1 aromatic carbocycles. The summed E-state index contributed by atoms with van der Waals surface area (Å²) in [5.41, 5.74) is 8.99. The smallest absolute Gasteiger partial charge is 0.327 e. The molecule has 38 heavy (non-hydrogen) atoms. The summed E-state index contributed by atoms with van der Waals surface area (Å²) in [7, 11) is 0. The number of ether oxygens (including phenoxy) is 1. The van der Waals surface area contributed by atoms with Crippen molar-refractivity contribution >= 4 is 40.8 Å². The van der Waals surface area contributed by atoms with Crippen molar-refractivity contribution in [2.75, 3.05) is 63.1 Å². The van der Waals surface area contributed by atoms with Gasteiger partial charge in [-0.3, -0.25) is 14.4 Å². The van der Waals surface area contributed by atoms with E-state index in [1.54, 1.807) is 24.0 Å². The van der Waals surface area contributed by atoms with Gasteiger partial charge in [0.05, 0.1) is 28.4 Å². The summed E-state index contributed by atoms with van der Waals surface area (Å²) in [6.07, 6.45) is 6.20. The van der Waals surface area contributed by atoms with Gasteiger partial charge in [-0.2, -0.15) is 5.10 Å². The highest BCUT2D eigenvalue weighted by molar-refractivity contribution is 6.42. The van der Waals surface area contributed by atoms with Crippen LogP contribution in [0.1, 0.15) is 24.9 Å². The van der Waals surface area contributed by atoms with Gasteiger partial charge in [-0.05, 0) is 44.1 Å². The molecule has 0 saturated carbocycles. The fourth-order valence-electron chi connectivity index (χ4n) is 5.03. The lowest BCUT2D eigenvalue weighted by molar-refractivity contribution is -0.144. The third-order valence-electron chi connectivity index (χ3n) is 7.14. The molecule has 4 heterocycles. The number of rotatable bonds is 9. The van der Waals surface area contributed by atoms with E-state index in [1.165, 1.54) is 18.3 Å². The molecule has 2 aliphatic heterocycles. The van der Waals surface area contributed by atoms with Crippen LogP contribution in [0.25, 0.3) is 11.1 Å². The highest BCUT2D eigenvalue weighted by Crippen LogP contribution is 2.35. The number of carbonyl (C=O) groups excluding carboxylic acids is 1. The predicted molar refractivity (Wildman–Crippen MR) is 148 cm³/mol. The topological polar surface area (TPSA) is 106 Å². The van der Waals surface area contributed by atoms with E-state index >= 15 is 0 Å². The molecule has 2 fully saturated rings. The monoisotopic (exact) mass is 558 g/mol. The molecule has 5 rings (SSSR count). The standard InChI is InChI=1S/C26H32Cl2N8O2/c1-2-38-23(37)16-36-14-19(13-32-36)24-25(29)30-17-31-26(24)35-10-8-34(9-11-35)22(15-33-6-3-7-33)18-4-5-20(27)21(28)12-18/h4-5,12-14,17,22H,2-3,6-11,15-16H2,1H3,(H2,29,30,31). The van der Waals surface area contributed by atoms with Crippen molar-refractivity contribution in [1.29, 1.82) is 0 Å². The van der Waals surface area contributed by atoms with Crippen molar-refractivity contribution in [3.63, 3.8) is 0 Å². The number of likely N-dealkylation sites (tertiary alicyclic amines) is 1. The molecule has 0 aliphatic carbocycles. The average Bonchev–Trinajstić information content (AvgIpc) is 3.33. The zero-order valence-electron chi connectivity index (χ0n) is 21.4. The van der Waals surface area contributed by atoms with E-state index < -0.39 is 0 Å². The highest BCUT2D eigenvalue weighted by atomic mass is 35.5. The zero-order chi connectivity index (χ0) is 26.6. The van der Waals surface area contributed by atoms with E-state index in [9.17, 15) is 4.79 Å². The Labute approximate surface area is 232 Å². The quantitative estimate of drug-likeness (QED) is 0.395. The molecule has 10 nitrogen and oxygen atoms in total. The van der Waals surface area contributed by atoms with Gasteiger partial charge in [0.25, 0.3) is 0 Å². The zero-order valence-corrected chi connectivity index (χ0v) is 22.9. The van der Waals surface area contributed by atoms with Crippen LogP contribution in [0.15, 0.2) is 36.9 Å². The van der Waals surface area contributed by atoms with Crippen LogP contribution in [0.3, 0.4) is 0 Å². The lowest BCUT2D eigenvalue weighted by Crippen LogP contribution is -2.51. The Kier molecular flexibility index (Phi) is 8.32. The lowest BCUT2D eigenvalue weighted by atomic mass is 10.0. The molecule has 3 aromatic rings. The highest BCUT2D eigenvalue weighted by Gasteiger charge is 2.30. The van der Waals surface area contributed by atoms with E-state index in [0.717, 1.165) is 62.8 Å². The van der Waals surface area contributed by atoms with Crippen LogP contribution in [0.4, 0.5) is 11.6 Å². The van der Waals surface area contributed by atoms with Gasteiger partial charge < -0.3 is 20.3 Å². The summed E-state index contributed by atoms with van der Waals surface area (Å²) >= 11 is 12.6. The number of esters is 1. The Balaban J connectivity index is 1.33. The third-order valence-corrected chi connectivity index (χ3v) is 7.88. The summed E-state index contributed by atoms with van der Waals surface area (Å²) in [6.45, 7) is 8.61. The summed E-state index contributed by atoms with van der Waals surface area (Å²) < 4.78 is 6.57. The second-order valence-electron chi connectivity index (χ2n) is 9.56. The van der Waals surface area contributed by atoms with Crippen LogP contribution >= 0.6 is 23.2 Å². The van der Waals surface area contributed by atoms with Crippen LogP contribution in [0.5, 0.6) is 0 Å². The van der Waals surface area contributed by atoms with Crippen molar-refractivity contribution in [3.8, 4) is 11.1 Å². The Morgan fingerprint density at radius 2 is 1.89 bits per heavy atom. The molecule has 2 aromatic heterocycles. The maximum atomic E-state index is 11.9. The maximum absolute atomic E-state index is 11.9. The van der Waals surface area contributed by atoms with Crippen LogP contribution < -0.4 is 10.6 Å². The first-order valence-corrected chi connectivity index (χ1v) is 13.6. The van der Waals surface area contributed by atoms with Gasteiger partial charge in [-0.1, -0.05) is 29.3 Å². The molecular formula is C26H32Cl2N8O2. The van der Waals surface area contributed by atoms with E-state index in [1.807, 2.05) is 12.1 Å². The van der Waals surface area contributed by atoms with Gasteiger partial charge in [0, 0.05) is 50.5 Å². The van der Waals surface area contributed by atoms with Crippen molar-refractivity contribution in [3.05, 3.63) is 52.5 Å². The van der Waals surface area contributed by atoms with E-state index in [2.05, 4.69) is 35.8 Å². The number of hydrogen-bond acceptors (Lipinski definition) is 9. The molecule has 2 N–H and O–H groups in total. The minimum Gasteiger partial charge on any atom is -0.465 e. The molecule has 202 valence electrons. The lowest BCUT2D eigenvalue weighted by Gasteiger charge is -2.43. The predicted octanol–water partition coefficient (Wildman–Crippen LogP) is 3.36. The SMILES string of the molecule is CCOC(=O)Cn1cc(-c2c(N)ncnc2N2CCN(C(CN3CCC3)c3ccc(Cl)c(Cl)c3)CC2)cn1. The number of hydrogen-bond donors (Lipinski definition) is 1. The Morgan fingerprint density at radius 3 is 2.58 bits per heavy atom. The van der Waals surface area contributed by atoms with Crippen LogP contribution in [0.2, 0.25) is 10.0 Å². The first-order chi connectivity index (χ1) is 18.4. The summed E-state index contributed by atoms with van der Waals surface area (Å²) in [5, 5.41) is 5.47. The molecule has 0 radical (unpaired) electrons. The van der Waals surface area contributed by atoms with Gasteiger partial charge >= 0.3 is 5.97 Å². The minimum absolute atomic E-state index is 0.0303. The Bertz CT molecular complexity index is 1270. The molecule has 2 aliphatic rings. The second-order valence-corrected chi connectivity index (χ2v) is 10.4. The van der Waals surface area contributed by atoms with E-state index in [0.29, 0.717) is 22.5 Å². The first kappa shape index (κ1) is 26.7. The molecule has 12 heteroatoms. The van der Waals surface area contributed by atoms with Crippen molar-refractivity contribution in [2.24, 2.45) is 0 Å². The first-order valence-electron chi connectivity index (χ1n) is 12.9. The number of nitrogens with two attached hydrogens (primary N) is 1. The number of nitrogen functional groups attached to an aromatic ring is 1. The number of halogens is 2.